The summed E-state index contributed by atoms with van der Waals surface area (Å²) in [4.78, 5) is 6.86. The van der Waals surface area contributed by atoms with Crippen LogP contribution in [0.25, 0.3) is 0 Å². The summed E-state index contributed by atoms with van der Waals surface area (Å²) < 4.78 is 23.8. The molecule has 3 aliphatic rings. The SMILES string of the molecule is CN=C(NCc1cccc(OC)c1OC1CCCC1)N1CCC(OCC2CCCO2)CC1.I. The van der Waals surface area contributed by atoms with E-state index in [1.54, 1.807) is 7.11 Å². The summed E-state index contributed by atoms with van der Waals surface area (Å²) in [6, 6.07) is 6.11. The minimum Gasteiger partial charge on any atom is -0.493 e. The summed E-state index contributed by atoms with van der Waals surface area (Å²) in [7, 11) is 3.56. The molecule has 4 rings (SSSR count). The molecule has 8 heteroatoms. The summed E-state index contributed by atoms with van der Waals surface area (Å²) in [5, 5.41) is 3.54. The quantitative estimate of drug-likeness (QED) is 0.283. The Morgan fingerprint density at radius 1 is 1.09 bits per heavy atom. The summed E-state index contributed by atoms with van der Waals surface area (Å²) in [5.41, 5.74) is 1.10. The van der Waals surface area contributed by atoms with Crippen LogP contribution in [0.5, 0.6) is 11.5 Å². The Morgan fingerprint density at radius 3 is 2.55 bits per heavy atom. The number of piperidine rings is 1. The summed E-state index contributed by atoms with van der Waals surface area (Å²) >= 11 is 0. The van der Waals surface area contributed by atoms with Gasteiger partial charge in [0, 0.05) is 38.9 Å². The Labute approximate surface area is 215 Å². The van der Waals surface area contributed by atoms with E-state index in [2.05, 4.69) is 21.3 Å². The monoisotopic (exact) mass is 573 g/mol. The third kappa shape index (κ3) is 7.36. The smallest absolute Gasteiger partial charge is 0.193 e. The minimum atomic E-state index is 0. The van der Waals surface area contributed by atoms with Gasteiger partial charge in [-0.25, -0.2) is 0 Å². The lowest BCUT2D eigenvalue weighted by Crippen LogP contribution is -2.47. The maximum absolute atomic E-state index is 6.38. The number of guanidine groups is 1. The standard InChI is InChI=1S/C25H39N3O4.HI/c1-26-25(28-14-12-20(13-15-28)31-18-22-10-6-16-30-22)27-17-19-7-5-11-23(29-2)24(19)32-21-8-3-4-9-21;/h5,7,11,20-22H,3-4,6,8-10,12-18H2,1-2H3,(H,26,27);1H. The van der Waals surface area contributed by atoms with E-state index < -0.39 is 0 Å². The number of para-hydroxylation sites is 1. The fraction of sp³-hybridized carbons (Fsp3) is 0.720. The van der Waals surface area contributed by atoms with Gasteiger partial charge in [-0.05, 0) is 57.4 Å². The van der Waals surface area contributed by atoms with E-state index in [1.807, 2.05) is 19.2 Å². The molecule has 0 aromatic heterocycles. The van der Waals surface area contributed by atoms with Crippen molar-refractivity contribution in [3.8, 4) is 11.5 Å². The summed E-state index contributed by atoms with van der Waals surface area (Å²) in [6.45, 7) is 4.16. The molecular weight excluding hydrogens is 533 g/mol. The van der Waals surface area contributed by atoms with Gasteiger partial charge in [-0.1, -0.05) is 12.1 Å². The lowest BCUT2D eigenvalue weighted by Gasteiger charge is -2.34. The first kappa shape index (κ1) is 26.3. The van der Waals surface area contributed by atoms with Crippen molar-refractivity contribution in [2.45, 2.75) is 76.2 Å². The van der Waals surface area contributed by atoms with Crippen LogP contribution in [0.1, 0.15) is 56.9 Å². The van der Waals surface area contributed by atoms with Gasteiger partial charge in [0.1, 0.15) is 0 Å². The van der Waals surface area contributed by atoms with Crippen LogP contribution in [0.3, 0.4) is 0 Å². The van der Waals surface area contributed by atoms with Crippen LogP contribution >= 0.6 is 24.0 Å². The molecule has 7 nitrogen and oxygen atoms in total. The van der Waals surface area contributed by atoms with E-state index in [4.69, 9.17) is 18.9 Å². The van der Waals surface area contributed by atoms with Gasteiger partial charge in [-0.2, -0.15) is 0 Å². The van der Waals surface area contributed by atoms with Crippen LogP contribution in [0.4, 0.5) is 0 Å². The molecule has 1 aromatic carbocycles. The molecule has 1 N–H and O–H groups in total. The topological polar surface area (TPSA) is 64.6 Å². The summed E-state index contributed by atoms with van der Waals surface area (Å²) in [5.74, 6) is 2.60. The highest BCUT2D eigenvalue weighted by Crippen LogP contribution is 2.35. The van der Waals surface area contributed by atoms with Gasteiger partial charge in [0.2, 0.25) is 0 Å². The third-order valence-corrected chi connectivity index (χ3v) is 6.80. The molecule has 0 amide bonds. The van der Waals surface area contributed by atoms with E-state index in [0.29, 0.717) is 18.8 Å². The van der Waals surface area contributed by atoms with Crippen LogP contribution in [-0.2, 0) is 16.0 Å². The molecule has 1 atom stereocenters. The third-order valence-electron chi connectivity index (χ3n) is 6.80. The number of hydrogen-bond donors (Lipinski definition) is 1. The number of nitrogens with zero attached hydrogens (tertiary/aromatic N) is 2. The zero-order valence-electron chi connectivity index (χ0n) is 20.1. The molecule has 0 bridgehead atoms. The number of likely N-dealkylation sites (tertiary alicyclic amines) is 1. The van der Waals surface area contributed by atoms with Crippen LogP contribution in [0.2, 0.25) is 0 Å². The molecule has 1 unspecified atom stereocenters. The largest absolute Gasteiger partial charge is 0.493 e. The number of hydrogen-bond acceptors (Lipinski definition) is 5. The van der Waals surface area contributed by atoms with Crippen LogP contribution < -0.4 is 14.8 Å². The van der Waals surface area contributed by atoms with Gasteiger partial charge >= 0.3 is 0 Å². The molecule has 2 aliphatic heterocycles. The molecular formula is C25H40IN3O4. The Kier molecular flexibility index (Phi) is 10.8. The van der Waals surface area contributed by atoms with Gasteiger partial charge in [-0.3, -0.25) is 4.99 Å². The number of ether oxygens (including phenoxy) is 4. The summed E-state index contributed by atoms with van der Waals surface area (Å²) in [6.07, 6.45) is 9.96. The normalized spacial score (nSPS) is 22.3. The predicted octanol–water partition coefficient (Wildman–Crippen LogP) is 4.37. The molecule has 186 valence electrons. The first-order valence-corrected chi connectivity index (χ1v) is 12.3. The second-order valence-corrected chi connectivity index (χ2v) is 9.03. The van der Waals surface area contributed by atoms with Gasteiger partial charge in [0.15, 0.2) is 17.5 Å². The van der Waals surface area contributed by atoms with Crippen molar-refractivity contribution < 1.29 is 18.9 Å². The molecule has 1 saturated carbocycles. The molecule has 33 heavy (non-hydrogen) atoms. The van der Waals surface area contributed by atoms with Crippen LogP contribution in [0, 0.1) is 0 Å². The van der Waals surface area contributed by atoms with E-state index in [-0.39, 0.29) is 30.1 Å². The second-order valence-electron chi connectivity index (χ2n) is 9.03. The zero-order chi connectivity index (χ0) is 22.2. The van der Waals surface area contributed by atoms with Crippen molar-refractivity contribution >= 4 is 29.9 Å². The van der Waals surface area contributed by atoms with Crippen molar-refractivity contribution in [1.82, 2.24) is 10.2 Å². The van der Waals surface area contributed by atoms with E-state index in [9.17, 15) is 0 Å². The van der Waals surface area contributed by atoms with Gasteiger partial charge in [-0.15, -0.1) is 24.0 Å². The molecule has 3 fully saturated rings. The molecule has 0 radical (unpaired) electrons. The fourth-order valence-corrected chi connectivity index (χ4v) is 4.93. The van der Waals surface area contributed by atoms with E-state index >= 15 is 0 Å². The number of nitrogens with one attached hydrogen (secondary N) is 1. The van der Waals surface area contributed by atoms with E-state index in [1.165, 1.54) is 12.8 Å². The molecule has 1 aliphatic carbocycles. The fourth-order valence-electron chi connectivity index (χ4n) is 4.93. The van der Waals surface area contributed by atoms with Crippen LogP contribution in [-0.4, -0.2) is 69.6 Å². The second kappa shape index (κ2) is 13.6. The Balaban J connectivity index is 0.00000306. The lowest BCUT2D eigenvalue weighted by molar-refractivity contribution is -0.0367. The van der Waals surface area contributed by atoms with E-state index in [0.717, 1.165) is 87.9 Å². The number of halogens is 1. The Bertz CT molecular complexity index is 743. The average Bonchev–Trinajstić information content (AvgIpc) is 3.54. The van der Waals surface area contributed by atoms with Gasteiger partial charge < -0.3 is 29.2 Å². The number of aliphatic imine (C=N–C) groups is 1. The van der Waals surface area contributed by atoms with Gasteiger partial charge in [0.25, 0.3) is 0 Å². The Morgan fingerprint density at radius 2 is 1.88 bits per heavy atom. The van der Waals surface area contributed by atoms with Gasteiger partial charge in [0.05, 0.1) is 32.0 Å². The molecule has 2 heterocycles. The molecule has 2 saturated heterocycles. The highest BCUT2D eigenvalue weighted by atomic mass is 127. The zero-order valence-corrected chi connectivity index (χ0v) is 22.4. The lowest BCUT2D eigenvalue weighted by atomic mass is 10.1. The first-order chi connectivity index (χ1) is 15.8. The number of rotatable bonds is 8. The predicted molar refractivity (Wildman–Crippen MR) is 141 cm³/mol. The maximum Gasteiger partial charge on any atom is 0.193 e. The van der Waals surface area contributed by atoms with Crippen molar-refractivity contribution in [2.24, 2.45) is 4.99 Å². The number of benzene rings is 1. The van der Waals surface area contributed by atoms with Crippen LogP contribution in [0.15, 0.2) is 23.2 Å². The average molecular weight is 574 g/mol. The maximum atomic E-state index is 6.38. The van der Waals surface area contributed by atoms with Crippen molar-refractivity contribution in [3.05, 3.63) is 23.8 Å². The number of methoxy groups -OCH3 is 1. The minimum absolute atomic E-state index is 0. The highest BCUT2D eigenvalue weighted by molar-refractivity contribution is 14.0. The van der Waals surface area contributed by atoms with Crippen molar-refractivity contribution in [2.75, 3.05) is 40.5 Å². The Hall–Kier alpha value is -1.26. The van der Waals surface area contributed by atoms with Crippen molar-refractivity contribution in [3.63, 3.8) is 0 Å². The molecule has 0 spiro atoms. The van der Waals surface area contributed by atoms with Crippen molar-refractivity contribution in [1.29, 1.82) is 0 Å². The molecule has 1 aromatic rings. The highest BCUT2D eigenvalue weighted by Gasteiger charge is 2.25. The first-order valence-electron chi connectivity index (χ1n) is 12.3.